The van der Waals surface area contributed by atoms with Crippen molar-refractivity contribution >= 4 is 16.9 Å². The Morgan fingerprint density at radius 2 is 2.04 bits per heavy atom. The molecule has 0 saturated carbocycles. The van der Waals surface area contributed by atoms with Gasteiger partial charge in [0.25, 0.3) is 5.91 Å². The number of carbonyl (C=O) groups excluding carboxylic acids is 1. The summed E-state index contributed by atoms with van der Waals surface area (Å²) >= 11 is 0. The summed E-state index contributed by atoms with van der Waals surface area (Å²) in [6, 6.07) is 7.77. The zero-order chi connectivity index (χ0) is 16.7. The van der Waals surface area contributed by atoms with Crippen LogP contribution in [-0.2, 0) is 0 Å². The van der Waals surface area contributed by atoms with Crippen molar-refractivity contribution in [2.45, 2.75) is 32.7 Å². The Bertz CT molecular complexity index is 896. The smallest absolute Gasteiger partial charge is 0.254 e. The maximum Gasteiger partial charge on any atom is 0.254 e. The first-order valence-electron chi connectivity index (χ1n) is 8.24. The Balaban J connectivity index is 1.56. The molecule has 0 spiro atoms. The highest BCUT2D eigenvalue weighted by molar-refractivity contribution is 5.97. The molecule has 4 rings (SSSR count). The number of nitrogens with zero attached hydrogens (tertiary/aromatic N) is 5. The number of hydrogen-bond acceptors (Lipinski definition) is 4. The number of aryl methyl sites for hydroxylation is 2. The SMILES string of the molecule is Cc1cc(C)n([C@H]2CCCN(C(=O)c3ccc4n[nH]nc4c3)C2)n1. The molecule has 1 aromatic carbocycles. The molecule has 1 aliphatic heterocycles. The van der Waals surface area contributed by atoms with E-state index in [1.807, 2.05) is 24.0 Å². The zero-order valence-corrected chi connectivity index (χ0v) is 13.9. The van der Waals surface area contributed by atoms with E-state index in [1.165, 1.54) is 0 Å². The van der Waals surface area contributed by atoms with Gasteiger partial charge in [0, 0.05) is 24.3 Å². The number of likely N-dealkylation sites (tertiary alicyclic amines) is 1. The van der Waals surface area contributed by atoms with Gasteiger partial charge in [-0.1, -0.05) is 0 Å². The quantitative estimate of drug-likeness (QED) is 0.784. The molecule has 1 amide bonds. The number of benzene rings is 1. The molecule has 3 heterocycles. The first-order chi connectivity index (χ1) is 11.6. The molecule has 0 unspecified atom stereocenters. The van der Waals surface area contributed by atoms with Crippen LogP contribution in [0.2, 0.25) is 0 Å². The van der Waals surface area contributed by atoms with Gasteiger partial charge in [0.1, 0.15) is 11.0 Å². The molecule has 7 heteroatoms. The van der Waals surface area contributed by atoms with Crippen LogP contribution < -0.4 is 0 Å². The van der Waals surface area contributed by atoms with Crippen molar-refractivity contribution in [1.29, 1.82) is 0 Å². The fraction of sp³-hybridized carbons (Fsp3) is 0.412. The third-order valence-corrected chi connectivity index (χ3v) is 4.64. The number of aromatic nitrogens is 5. The highest BCUT2D eigenvalue weighted by Crippen LogP contribution is 2.24. The fourth-order valence-electron chi connectivity index (χ4n) is 3.51. The summed E-state index contributed by atoms with van der Waals surface area (Å²) in [4.78, 5) is 14.8. The van der Waals surface area contributed by atoms with E-state index in [-0.39, 0.29) is 11.9 Å². The van der Waals surface area contributed by atoms with Gasteiger partial charge >= 0.3 is 0 Å². The van der Waals surface area contributed by atoms with Gasteiger partial charge < -0.3 is 4.90 Å². The molecule has 2 aromatic heterocycles. The molecule has 3 aromatic rings. The minimum Gasteiger partial charge on any atom is -0.337 e. The largest absolute Gasteiger partial charge is 0.337 e. The van der Waals surface area contributed by atoms with Crippen LogP contribution in [0.15, 0.2) is 24.3 Å². The Labute approximate surface area is 139 Å². The van der Waals surface area contributed by atoms with Crippen LogP contribution >= 0.6 is 0 Å². The standard InChI is InChI=1S/C17H20N6O/c1-11-8-12(2)23(20-11)14-4-3-7-22(10-14)17(24)13-5-6-15-16(9-13)19-21-18-15/h5-6,8-9,14H,3-4,7,10H2,1-2H3,(H,18,19,21)/t14-/m0/s1. The summed E-state index contributed by atoms with van der Waals surface area (Å²) in [5.41, 5.74) is 4.31. The maximum absolute atomic E-state index is 12.9. The van der Waals surface area contributed by atoms with Crippen molar-refractivity contribution in [1.82, 2.24) is 30.1 Å². The molecule has 7 nitrogen and oxygen atoms in total. The lowest BCUT2D eigenvalue weighted by molar-refractivity contribution is 0.0671. The number of hydrogen-bond donors (Lipinski definition) is 1. The molecule has 1 N–H and O–H groups in total. The average Bonchev–Trinajstić information content (AvgIpc) is 3.19. The molecule has 1 aliphatic rings. The van der Waals surface area contributed by atoms with Crippen LogP contribution in [0.25, 0.3) is 11.0 Å². The van der Waals surface area contributed by atoms with Crippen LogP contribution in [0.3, 0.4) is 0 Å². The second-order valence-corrected chi connectivity index (χ2v) is 6.45. The summed E-state index contributed by atoms with van der Waals surface area (Å²) in [6.45, 7) is 5.55. The average molecular weight is 324 g/mol. The van der Waals surface area contributed by atoms with Crippen LogP contribution in [0.4, 0.5) is 0 Å². The predicted molar refractivity (Wildman–Crippen MR) is 89.8 cm³/mol. The first kappa shape index (κ1) is 14.9. The third-order valence-electron chi connectivity index (χ3n) is 4.64. The molecular weight excluding hydrogens is 304 g/mol. The molecule has 124 valence electrons. The third kappa shape index (κ3) is 2.55. The van der Waals surface area contributed by atoms with E-state index < -0.39 is 0 Å². The van der Waals surface area contributed by atoms with E-state index in [9.17, 15) is 4.79 Å². The molecule has 1 fully saturated rings. The van der Waals surface area contributed by atoms with E-state index in [1.54, 1.807) is 6.07 Å². The zero-order valence-electron chi connectivity index (χ0n) is 13.9. The molecule has 0 aliphatic carbocycles. The van der Waals surface area contributed by atoms with Gasteiger partial charge in [-0.2, -0.15) is 20.5 Å². The Hall–Kier alpha value is -2.70. The summed E-state index contributed by atoms with van der Waals surface area (Å²) in [5, 5.41) is 15.3. The number of nitrogens with one attached hydrogen (secondary N) is 1. The minimum atomic E-state index is 0.0473. The molecule has 24 heavy (non-hydrogen) atoms. The van der Waals surface area contributed by atoms with Gasteiger partial charge in [-0.25, -0.2) is 0 Å². The van der Waals surface area contributed by atoms with E-state index in [0.717, 1.165) is 36.3 Å². The number of amides is 1. The highest BCUT2D eigenvalue weighted by Gasteiger charge is 2.27. The number of piperidine rings is 1. The summed E-state index contributed by atoms with van der Waals surface area (Å²) in [7, 11) is 0. The van der Waals surface area contributed by atoms with Crippen LogP contribution in [0, 0.1) is 13.8 Å². The summed E-state index contributed by atoms with van der Waals surface area (Å²) < 4.78 is 2.07. The number of rotatable bonds is 2. The maximum atomic E-state index is 12.9. The Kier molecular flexibility index (Phi) is 3.55. The highest BCUT2D eigenvalue weighted by atomic mass is 16.2. The number of fused-ring (bicyclic) bond motifs is 1. The van der Waals surface area contributed by atoms with Crippen molar-refractivity contribution in [3.05, 3.63) is 41.2 Å². The van der Waals surface area contributed by atoms with E-state index in [0.29, 0.717) is 17.6 Å². The second-order valence-electron chi connectivity index (χ2n) is 6.45. The number of carbonyl (C=O) groups is 1. The Morgan fingerprint density at radius 1 is 1.21 bits per heavy atom. The van der Waals surface area contributed by atoms with Gasteiger partial charge in [0.2, 0.25) is 0 Å². The lowest BCUT2D eigenvalue weighted by atomic mass is 10.0. The van der Waals surface area contributed by atoms with E-state index in [2.05, 4.69) is 38.2 Å². The molecule has 0 bridgehead atoms. The fourth-order valence-corrected chi connectivity index (χ4v) is 3.51. The van der Waals surface area contributed by atoms with Gasteiger partial charge in [-0.3, -0.25) is 9.48 Å². The van der Waals surface area contributed by atoms with Crippen molar-refractivity contribution in [3.63, 3.8) is 0 Å². The first-order valence-corrected chi connectivity index (χ1v) is 8.24. The van der Waals surface area contributed by atoms with E-state index >= 15 is 0 Å². The van der Waals surface area contributed by atoms with Gasteiger partial charge in [0.05, 0.1) is 11.7 Å². The monoisotopic (exact) mass is 324 g/mol. The van der Waals surface area contributed by atoms with Gasteiger partial charge in [-0.05, 0) is 51.0 Å². The van der Waals surface area contributed by atoms with Crippen LogP contribution in [0.1, 0.15) is 40.6 Å². The predicted octanol–water partition coefficient (Wildman–Crippen LogP) is 2.25. The normalized spacial score (nSPS) is 18.2. The van der Waals surface area contributed by atoms with E-state index in [4.69, 9.17) is 0 Å². The topological polar surface area (TPSA) is 79.7 Å². The Morgan fingerprint density at radius 3 is 2.83 bits per heavy atom. The van der Waals surface area contributed by atoms with Crippen LogP contribution in [0.5, 0.6) is 0 Å². The lowest BCUT2D eigenvalue weighted by Gasteiger charge is -2.33. The summed E-state index contributed by atoms with van der Waals surface area (Å²) in [5.74, 6) is 0.0473. The molecule has 1 atom stereocenters. The number of aromatic amines is 1. The van der Waals surface area contributed by atoms with Crippen molar-refractivity contribution in [3.8, 4) is 0 Å². The molecule has 1 saturated heterocycles. The summed E-state index contributed by atoms with van der Waals surface area (Å²) in [6.07, 6.45) is 2.04. The van der Waals surface area contributed by atoms with Crippen LogP contribution in [-0.4, -0.2) is 49.1 Å². The van der Waals surface area contributed by atoms with Crippen molar-refractivity contribution in [2.75, 3.05) is 13.1 Å². The van der Waals surface area contributed by atoms with Gasteiger partial charge in [0.15, 0.2) is 0 Å². The minimum absolute atomic E-state index is 0.0473. The second kappa shape index (κ2) is 5.74. The lowest BCUT2D eigenvalue weighted by Crippen LogP contribution is -2.41. The number of H-pyrrole nitrogens is 1. The molecular formula is C17H20N6O. The van der Waals surface area contributed by atoms with Gasteiger partial charge in [-0.15, -0.1) is 0 Å². The van der Waals surface area contributed by atoms with Crippen molar-refractivity contribution < 1.29 is 4.79 Å². The molecule has 0 radical (unpaired) electrons. The van der Waals surface area contributed by atoms with Crippen molar-refractivity contribution in [2.24, 2.45) is 0 Å².